The Balaban J connectivity index is 0.00000200. The number of hydrogen-bond acceptors (Lipinski definition) is 3. The molecular weight excluding hydrogens is 278 g/mol. The molecule has 5 nitrogen and oxygen atoms in total. The molecule has 1 aromatic carbocycles. The smallest absolute Gasteiger partial charge is 0.251 e. The van der Waals surface area contributed by atoms with E-state index < -0.39 is 0 Å². The Labute approximate surface area is 124 Å². The number of piperidine rings is 1. The minimum Gasteiger partial charge on any atom is -0.351 e. The largest absolute Gasteiger partial charge is 0.351 e. The summed E-state index contributed by atoms with van der Waals surface area (Å²) < 4.78 is 0. The summed E-state index contributed by atoms with van der Waals surface area (Å²) in [5.41, 5.74) is 0.564. The first-order valence-corrected chi connectivity index (χ1v) is 6.59. The zero-order valence-corrected chi connectivity index (χ0v) is 12.0. The lowest BCUT2D eigenvalue weighted by Crippen LogP contribution is -2.48. The van der Waals surface area contributed by atoms with Crippen molar-refractivity contribution in [3.8, 4) is 0 Å². The van der Waals surface area contributed by atoms with Crippen LogP contribution in [0.2, 0.25) is 0 Å². The molecule has 1 heterocycles. The first-order valence-electron chi connectivity index (χ1n) is 6.59. The van der Waals surface area contributed by atoms with Crippen molar-refractivity contribution < 1.29 is 9.59 Å². The molecule has 1 atom stereocenters. The number of carbonyl (C=O) groups is 2. The van der Waals surface area contributed by atoms with E-state index in [0.717, 1.165) is 25.9 Å². The molecule has 1 aromatic rings. The van der Waals surface area contributed by atoms with E-state index in [4.69, 9.17) is 0 Å². The van der Waals surface area contributed by atoms with E-state index >= 15 is 0 Å². The van der Waals surface area contributed by atoms with Gasteiger partial charge in [0, 0.05) is 18.2 Å². The molecule has 20 heavy (non-hydrogen) atoms. The predicted molar refractivity (Wildman–Crippen MR) is 80.1 cm³/mol. The third-order valence-corrected chi connectivity index (χ3v) is 3.11. The molecule has 0 radical (unpaired) electrons. The van der Waals surface area contributed by atoms with Crippen LogP contribution < -0.4 is 16.0 Å². The Morgan fingerprint density at radius 3 is 2.65 bits per heavy atom. The molecule has 2 amide bonds. The van der Waals surface area contributed by atoms with Gasteiger partial charge in [0.1, 0.15) is 0 Å². The van der Waals surface area contributed by atoms with E-state index in [1.807, 2.05) is 6.07 Å². The number of hydrogen-bond donors (Lipinski definition) is 3. The van der Waals surface area contributed by atoms with Crippen LogP contribution in [0.5, 0.6) is 0 Å². The van der Waals surface area contributed by atoms with Gasteiger partial charge in [-0.1, -0.05) is 18.2 Å². The highest BCUT2D eigenvalue weighted by molar-refractivity contribution is 5.96. The number of carbonyl (C=O) groups excluding carboxylic acids is 2. The van der Waals surface area contributed by atoms with Crippen molar-refractivity contribution in [2.24, 2.45) is 0 Å². The van der Waals surface area contributed by atoms with Crippen molar-refractivity contribution in [3.63, 3.8) is 0 Å². The molecule has 1 saturated heterocycles. The molecule has 0 aromatic heterocycles. The van der Waals surface area contributed by atoms with Gasteiger partial charge in [-0.05, 0) is 31.5 Å². The molecule has 6 heteroatoms. The van der Waals surface area contributed by atoms with Crippen molar-refractivity contribution >= 4 is 24.2 Å². The van der Waals surface area contributed by atoms with Crippen LogP contribution in [0.1, 0.15) is 23.2 Å². The van der Waals surface area contributed by atoms with Crippen molar-refractivity contribution in [1.29, 1.82) is 0 Å². The highest BCUT2D eigenvalue weighted by atomic mass is 35.5. The van der Waals surface area contributed by atoms with Gasteiger partial charge in [-0.2, -0.15) is 0 Å². The Bertz CT molecular complexity index is 433. The van der Waals surface area contributed by atoms with Gasteiger partial charge in [0.25, 0.3) is 5.91 Å². The first kappa shape index (κ1) is 16.5. The van der Waals surface area contributed by atoms with Crippen LogP contribution >= 0.6 is 12.4 Å². The fraction of sp³-hybridized carbons (Fsp3) is 0.429. The van der Waals surface area contributed by atoms with Gasteiger partial charge in [-0.3, -0.25) is 9.59 Å². The Morgan fingerprint density at radius 1 is 1.25 bits per heavy atom. The van der Waals surface area contributed by atoms with Gasteiger partial charge >= 0.3 is 0 Å². The fourth-order valence-electron chi connectivity index (χ4n) is 2.11. The monoisotopic (exact) mass is 297 g/mol. The number of halogens is 1. The maximum atomic E-state index is 11.7. The highest BCUT2D eigenvalue weighted by Gasteiger charge is 2.15. The second kappa shape index (κ2) is 8.55. The average Bonchev–Trinajstić information content (AvgIpc) is 2.47. The molecule has 110 valence electrons. The van der Waals surface area contributed by atoms with Crippen LogP contribution in [0.15, 0.2) is 30.3 Å². The van der Waals surface area contributed by atoms with E-state index in [1.165, 1.54) is 0 Å². The van der Waals surface area contributed by atoms with Crippen molar-refractivity contribution in [2.45, 2.75) is 18.9 Å². The summed E-state index contributed by atoms with van der Waals surface area (Å²) in [5.74, 6) is -0.365. The SMILES string of the molecule is Cl.O=C(CNC(=O)c1ccccc1)N[C@@H]1CCCNC1. The second-order valence-electron chi connectivity index (χ2n) is 4.66. The molecule has 1 fully saturated rings. The van der Waals surface area contributed by atoms with E-state index in [2.05, 4.69) is 16.0 Å². The van der Waals surface area contributed by atoms with E-state index in [-0.39, 0.29) is 36.8 Å². The summed E-state index contributed by atoms with van der Waals surface area (Å²) in [5, 5.41) is 8.76. The quantitative estimate of drug-likeness (QED) is 0.766. The molecule has 3 N–H and O–H groups in total. The van der Waals surface area contributed by atoms with Gasteiger partial charge in [0.2, 0.25) is 5.91 Å². The molecule has 1 aliphatic heterocycles. The van der Waals surface area contributed by atoms with Crippen LogP contribution in [0.25, 0.3) is 0 Å². The molecule has 0 unspecified atom stereocenters. The molecular formula is C14H20ClN3O2. The number of benzene rings is 1. The number of rotatable bonds is 4. The average molecular weight is 298 g/mol. The topological polar surface area (TPSA) is 70.2 Å². The Kier molecular flexibility index (Phi) is 7.04. The molecule has 0 bridgehead atoms. The van der Waals surface area contributed by atoms with Gasteiger partial charge in [0.05, 0.1) is 6.54 Å². The summed E-state index contributed by atoms with van der Waals surface area (Å²) in [6.07, 6.45) is 2.06. The van der Waals surface area contributed by atoms with Gasteiger partial charge < -0.3 is 16.0 Å². The van der Waals surface area contributed by atoms with Crippen LogP contribution in [0.3, 0.4) is 0 Å². The molecule has 0 aliphatic carbocycles. The lowest BCUT2D eigenvalue weighted by molar-refractivity contribution is -0.120. The third kappa shape index (κ3) is 5.19. The van der Waals surface area contributed by atoms with Crippen molar-refractivity contribution in [2.75, 3.05) is 19.6 Å². The molecule has 2 rings (SSSR count). The summed E-state index contributed by atoms with van der Waals surface area (Å²) in [7, 11) is 0. The highest BCUT2D eigenvalue weighted by Crippen LogP contribution is 2.01. The zero-order valence-electron chi connectivity index (χ0n) is 11.2. The number of nitrogens with one attached hydrogen (secondary N) is 3. The van der Waals surface area contributed by atoms with Crippen LogP contribution in [0, 0.1) is 0 Å². The van der Waals surface area contributed by atoms with Gasteiger partial charge in [0.15, 0.2) is 0 Å². The summed E-state index contributed by atoms with van der Waals surface area (Å²) in [6, 6.07) is 9.05. The van der Waals surface area contributed by atoms with Crippen LogP contribution in [-0.2, 0) is 4.79 Å². The van der Waals surface area contributed by atoms with Gasteiger partial charge in [-0.25, -0.2) is 0 Å². The molecule has 1 aliphatic rings. The lowest BCUT2D eigenvalue weighted by Gasteiger charge is -2.23. The minimum absolute atomic E-state index is 0. The van der Waals surface area contributed by atoms with E-state index in [1.54, 1.807) is 24.3 Å². The molecule has 0 spiro atoms. The van der Waals surface area contributed by atoms with Crippen LogP contribution in [-0.4, -0.2) is 37.5 Å². The van der Waals surface area contributed by atoms with Gasteiger partial charge in [-0.15, -0.1) is 12.4 Å². The van der Waals surface area contributed by atoms with Crippen molar-refractivity contribution in [3.05, 3.63) is 35.9 Å². The maximum absolute atomic E-state index is 11.7. The predicted octanol–water partition coefficient (Wildman–Crippen LogP) is 0.706. The van der Waals surface area contributed by atoms with Crippen LogP contribution in [0.4, 0.5) is 0 Å². The molecule has 0 saturated carbocycles. The lowest BCUT2D eigenvalue weighted by atomic mass is 10.1. The maximum Gasteiger partial charge on any atom is 0.251 e. The zero-order chi connectivity index (χ0) is 13.5. The standard InChI is InChI=1S/C14H19N3O2.ClH/c18-13(17-12-7-4-8-15-9-12)10-16-14(19)11-5-2-1-3-6-11;/h1-3,5-6,12,15H,4,7-10H2,(H,16,19)(H,17,18);1H/t12-;/m1./s1. The summed E-state index contributed by atoms with van der Waals surface area (Å²) in [4.78, 5) is 23.4. The summed E-state index contributed by atoms with van der Waals surface area (Å²) in [6.45, 7) is 1.83. The Morgan fingerprint density at radius 2 is 2.00 bits per heavy atom. The second-order valence-corrected chi connectivity index (χ2v) is 4.66. The van der Waals surface area contributed by atoms with E-state index in [9.17, 15) is 9.59 Å². The van der Waals surface area contributed by atoms with Crippen molar-refractivity contribution in [1.82, 2.24) is 16.0 Å². The number of amides is 2. The fourth-order valence-corrected chi connectivity index (χ4v) is 2.11. The minimum atomic E-state index is -0.225. The van der Waals surface area contributed by atoms with E-state index in [0.29, 0.717) is 5.56 Å². The Hall–Kier alpha value is -1.59. The third-order valence-electron chi connectivity index (χ3n) is 3.11. The normalized spacial score (nSPS) is 17.7. The first-order chi connectivity index (χ1) is 9.25. The summed E-state index contributed by atoms with van der Waals surface area (Å²) >= 11 is 0.